The Morgan fingerprint density at radius 2 is 1.18 bits per heavy atom. The third-order valence-corrected chi connectivity index (χ3v) is 5.52. The Labute approximate surface area is 130 Å². The van der Waals surface area contributed by atoms with Crippen molar-refractivity contribution in [1.82, 2.24) is 0 Å². The second-order valence-corrected chi connectivity index (χ2v) is 7.49. The van der Waals surface area contributed by atoms with Gasteiger partial charge in [0.1, 0.15) is 0 Å². The van der Waals surface area contributed by atoms with Crippen LogP contribution in [0.25, 0.3) is 11.1 Å². The summed E-state index contributed by atoms with van der Waals surface area (Å²) in [7, 11) is -3.38. The number of hydrogen-bond acceptors (Lipinski definition) is 1. The summed E-state index contributed by atoms with van der Waals surface area (Å²) >= 11 is 0. The summed E-state index contributed by atoms with van der Waals surface area (Å²) in [5, 5.41) is 0.496. The lowest BCUT2D eigenvalue weighted by Crippen LogP contribution is -2.06. The van der Waals surface area contributed by atoms with Crippen molar-refractivity contribution < 1.29 is 9.46 Å². The summed E-state index contributed by atoms with van der Waals surface area (Å²) in [6, 6.07) is 26.7. The highest BCUT2D eigenvalue weighted by molar-refractivity contribution is 7.65. The molecule has 3 heteroatoms. The minimum absolute atomic E-state index is 0.165. The van der Waals surface area contributed by atoms with Crippen LogP contribution in [0.4, 0.5) is 0 Å². The Bertz CT molecular complexity index is 781. The first-order valence-electron chi connectivity index (χ1n) is 7.17. The molecule has 0 heterocycles. The molecular formula is C19H17O2P. The molecule has 110 valence electrons. The van der Waals surface area contributed by atoms with Crippen molar-refractivity contribution in [2.24, 2.45) is 0 Å². The van der Waals surface area contributed by atoms with Crippen molar-refractivity contribution in [2.75, 3.05) is 0 Å². The lowest BCUT2D eigenvalue weighted by atomic mass is 10.1. The molecule has 0 saturated heterocycles. The Hall–Kier alpha value is -2.15. The molecule has 22 heavy (non-hydrogen) atoms. The molecule has 0 aliphatic heterocycles. The SMILES string of the molecule is O=P(O)(Cc1ccccc1)c1ccc(-c2ccccc2)cc1. The van der Waals surface area contributed by atoms with E-state index in [1.54, 1.807) is 12.1 Å². The van der Waals surface area contributed by atoms with Crippen molar-refractivity contribution in [1.29, 1.82) is 0 Å². The van der Waals surface area contributed by atoms with E-state index in [9.17, 15) is 9.46 Å². The molecule has 1 N–H and O–H groups in total. The zero-order valence-electron chi connectivity index (χ0n) is 12.1. The normalized spacial score (nSPS) is 13.5. The summed E-state index contributed by atoms with van der Waals surface area (Å²) in [6.45, 7) is 0. The van der Waals surface area contributed by atoms with E-state index in [4.69, 9.17) is 0 Å². The summed E-state index contributed by atoms with van der Waals surface area (Å²) < 4.78 is 12.6. The number of hydrogen-bond donors (Lipinski definition) is 1. The first kappa shape index (κ1) is 14.8. The average Bonchev–Trinajstić information content (AvgIpc) is 2.56. The van der Waals surface area contributed by atoms with Crippen LogP contribution in [0, 0.1) is 0 Å². The van der Waals surface area contributed by atoms with Crippen LogP contribution in [0.5, 0.6) is 0 Å². The van der Waals surface area contributed by atoms with Gasteiger partial charge in [0.15, 0.2) is 0 Å². The van der Waals surface area contributed by atoms with Gasteiger partial charge in [-0.05, 0) is 28.8 Å². The maximum atomic E-state index is 12.6. The van der Waals surface area contributed by atoms with Crippen molar-refractivity contribution in [2.45, 2.75) is 6.16 Å². The Morgan fingerprint density at radius 3 is 1.77 bits per heavy atom. The molecular weight excluding hydrogens is 291 g/mol. The Morgan fingerprint density at radius 1 is 0.682 bits per heavy atom. The first-order valence-corrected chi connectivity index (χ1v) is 9.01. The van der Waals surface area contributed by atoms with E-state index in [0.29, 0.717) is 5.30 Å². The van der Waals surface area contributed by atoms with Gasteiger partial charge < -0.3 is 4.89 Å². The van der Waals surface area contributed by atoms with Crippen molar-refractivity contribution in [3.63, 3.8) is 0 Å². The highest BCUT2D eigenvalue weighted by Crippen LogP contribution is 2.43. The van der Waals surface area contributed by atoms with E-state index in [0.717, 1.165) is 16.7 Å². The highest BCUT2D eigenvalue weighted by atomic mass is 31.2. The number of rotatable bonds is 4. The van der Waals surface area contributed by atoms with Crippen LogP contribution in [-0.2, 0) is 10.7 Å². The van der Waals surface area contributed by atoms with E-state index in [1.807, 2.05) is 72.8 Å². The molecule has 0 spiro atoms. The largest absolute Gasteiger partial charge is 0.341 e. The average molecular weight is 308 g/mol. The first-order chi connectivity index (χ1) is 10.6. The second kappa shape index (κ2) is 6.31. The number of benzene rings is 3. The van der Waals surface area contributed by atoms with Gasteiger partial charge in [0, 0.05) is 5.30 Å². The van der Waals surface area contributed by atoms with Crippen LogP contribution in [-0.4, -0.2) is 4.89 Å². The lowest BCUT2D eigenvalue weighted by molar-refractivity contribution is 0.489. The van der Waals surface area contributed by atoms with Crippen LogP contribution in [0.2, 0.25) is 0 Å². The smallest absolute Gasteiger partial charge is 0.233 e. The predicted molar refractivity (Wildman–Crippen MR) is 91.5 cm³/mol. The minimum atomic E-state index is -3.38. The quantitative estimate of drug-likeness (QED) is 0.723. The van der Waals surface area contributed by atoms with Gasteiger partial charge in [-0.1, -0.05) is 72.8 Å². The second-order valence-electron chi connectivity index (χ2n) is 5.26. The maximum Gasteiger partial charge on any atom is 0.233 e. The molecule has 3 rings (SSSR count). The van der Waals surface area contributed by atoms with E-state index < -0.39 is 7.37 Å². The molecule has 0 aliphatic carbocycles. The van der Waals surface area contributed by atoms with Gasteiger partial charge in [-0.2, -0.15) is 0 Å². The Kier molecular flexibility index (Phi) is 4.24. The summed E-state index contributed by atoms with van der Waals surface area (Å²) in [4.78, 5) is 10.4. The van der Waals surface area contributed by atoms with Gasteiger partial charge in [-0.15, -0.1) is 0 Å². The van der Waals surface area contributed by atoms with E-state index >= 15 is 0 Å². The fraction of sp³-hybridized carbons (Fsp3) is 0.0526. The fourth-order valence-corrected chi connectivity index (χ4v) is 3.94. The molecule has 3 aromatic rings. The lowest BCUT2D eigenvalue weighted by Gasteiger charge is -2.12. The van der Waals surface area contributed by atoms with Gasteiger partial charge in [-0.3, -0.25) is 4.57 Å². The molecule has 1 atom stereocenters. The summed E-state index contributed by atoms with van der Waals surface area (Å²) in [5.74, 6) is 0. The zero-order valence-corrected chi connectivity index (χ0v) is 13.0. The van der Waals surface area contributed by atoms with Gasteiger partial charge in [0.2, 0.25) is 7.37 Å². The summed E-state index contributed by atoms with van der Waals surface area (Å²) in [6.07, 6.45) is 0.165. The molecule has 1 unspecified atom stereocenters. The molecule has 2 nitrogen and oxygen atoms in total. The molecule has 0 amide bonds. The van der Waals surface area contributed by atoms with E-state index in [2.05, 4.69) is 0 Å². The van der Waals surface area contributed by atoms with Gasteiger partial charge in [0.25, 0.3) is 0 Å². The fourth-order valence-electron chi connectivity index (χ4n) is 2.44. The standard InChI is InChI=1S/C19H17O2P/c20-22(21,15-16-7-3-1-4-8-16)19-13-11-18(12-14-19)17-9-5-2-6-10-17/h1-14H,15H2,(H,20,21). The third kappa shape index (κ3) is 3.36. The van der Waals surface area contributed by atoms with Crippen molar-refractivity contribution >= 4 is 12.7 Å². The molecule has 0 fully saturated rings. The zero-order chi connectivity index (χ0) is 15.4. The third-order valence-electron chi connectivity index (χ3n) is 3.62. The van der Waals surface area contributed by atoms with Crippen LogP contribution in [0.15, 0.2) is 84.9 Å². The molecule has 0 aliphatic rings. The molecule has 0 aromatic heterocycles. The van der Waals surface area contributed by atoms with Crippen molar-refractivity contribution in [3.05, 3.63) is 90.5 Å². The monoisotopic (exact) mass is 308 g/mol. The maximum absolute atomic E-state index is 12.6. The molecule has 0 bridgehead atoms. The summed E-state index contributed by atoms with van der Waals surface area (Å²) in [5.41, 5.74) is 3.02. The van der Waals surface area contributed by atoms with Crippen molar-refractivity contribution in [3.8, 4) is 11.1 Å². The van der Waals surface area contributed by atoms with E-state index in [-0.39, 0.29) is 6.16 Å². The van der Waals surface area contributed by atoms with Crippen LogP contribution >= 0.6 is 7.37 Å². The topological polar surface area (TPSA) is 37.3 Å². The van der Waals surface area contributed by atoms with Crippen LogP contribution in [0.3, 0.4) is 0 Å². The molecule has 0 radical (unpaired) electrons. The highest BCUT2D eigenvalue weighted by Gasteiger charge is 2.21. The molecule has 3 aromatic carbocycles. The van der Waals surface area contributed by atoms with Gasteiger partial charge in [-0.25, -0.2) is 0 Å². The Balaban J connectivity index is 1.84. The minimum Gasteiger partial charge on any atom is -0.341 e. The predicted octanol–water partition coefficient (Wildman–Crippen LogP) is 4.45. The van der Waals surface area contributed by atoms with E-state index in [1.165, 1.54) is 0 Å². The van der Waals surface area contributed by atoms with Crippen LogP contribution in [0.1, 0.15) is 5.56 Å². The van der Waals surface area contributed by atoms with Crippen LogP contribution < -0.4 is 5.30 Å². The van der Waals surface area contributed by atoms with Gasteiger partial charge in [0.05, 0.1) is 6.16 Å². The molecule has 0 saturated carbocycles. The van der Waals surface area contributed by atoms with Gasteiger partial charge >= 0.3 is 0 Å².